The number of allylic oxidation sites excluding steroid dienone is 1. The number of nitrogens with one attached hydrogen (secondary N) is 1. The Morgan fingerprint density at radius 2 is 1.96 bits per heavy atom. The van der Waals surface area contributed by atoms with E-state index in [1.54, 1.807) is 18.2 Å². The van der Waals surface area contributed by atoms with E-state index in [0.717, 1.165) is 18.9 Å². The fraction of sp³-hybridized carbons (Fsp3) is 0.350. The number of halogens is 4. The summed E-state index contributed by atoms with van der Waals surface area (Å²) in [6, 6.07) is 7.18. The van der Waals surface area contributed by atoms with Gasteiger partial charge in [-0.05, 0) is 48.6 Å². The first-order valence-electron chi connectivity index (χ1n) is 8.74. The molecule has 0 spiro atoms. The Bertz CT molecular complexity index is 931. The number of alkyl halides is 3. The van der Waals surface area contributed by atoms with Crippen molar-refractivity contribution in [2.45, 2.75) is 19.0 Å². The summed E-state index contributed by atoms with van der Waals surface area (Å²) in [7, 11) is 1.49. The van der Waals surface area contributed by atoms with E-state index in [9.17, 15) is 18.0 Å². The Morgan fingerprint density at radius 3 is 2.54 bits per heavy atom. The van der Waals surface area contributed by atoms with Gasteiger partial charge in [-0.25, -0.2) is 0 Å². The average molecular weight is 414 g/mol. The maximum atomic E-state index is 12.9. The zero-order valence-electron chi connectivity index (χ0n) is 15.1. The number of benzene rings is 1. The Labute approximate surface area is 164 Å². The molecule has 28 heavy (non-hydrogen) atoms. The van der Waals surface area contributed by atoms with Gasteiger partial charge in [0.1, 0.15) is 11.3 Å². The van der Waals surface area contributed by atoms with Gasteiger partial charge >= 0.3 is 6.18 Å². The van der Waals surface area contributed by atoms with Crippen LogP contribution in [0.3, 0.4) is 0 Å². The molecule has 0 saturated carbocycles. The molecule has 0 atom stereocenters. The van der Waals surface area contributed by atoms with E-state index in [1.165, 1.54) is 13.2 Å². The van der Waals surface area contributed by atoms with E-state index in [4.69, 9.17) is 21.1 Å². The van der Waals surface area contributed by atoms with Crippen LogP contribution in [0.4, 0.5) is 13.2 Å². The lowest BCUT2D eigenvalue weighted by molar-refractivity contribution is -0.138. The van der Waals surface area contributed by atoms with Crippen LogP contribution >= 0.6 is 11.6 Å². The van der Waals surface area contributed by atoms with Crippen molar-refractivity contribution < 1.29 is 22.6 Å². The lowest BCUT2D eigenvalue weighted by Gasteiger charge is -2.21. The lowest BCUT2D eigenvalue weighted by Crippen LogP contribution is -2.22. The third-order valence-corrected chi connectivity index (χ3v) is 4.93. The smallest absolute Gasteiger partial charge is 0.421 e. The van der Waals surface area contributed by atoms with Crippen molar-refractivity contribution in [3.05, 3.63) is 68.6 Å². The van der Waals surface area contributed by atoms with Gasteiger partial charge in [0, 0.05) is 24.5 Å². The maximum absolute atomic E-state index is 12.9. The molecule has 0 unspecified atom stereocenters. The predicted molar refractivity (Wildman–Crippen MR) is 101 cm³/mol. The van der Waals surface area contributed by atoms with E-state index in [0.29, 0.717) is 40.8 Å². The van der Waals surface area contributed by atoms with Gasteiger partial charge in [0.15, 0.2) is 0 Å². The summed E-state index contributed by atoms with van der Waals surface area (Å²) < 4.78 is 49.3. The van der Waals surface area contributed by atoms with Gasteiger partial charge in [0.05, 0.1) is 12.1 Å². The van der Waals surface area contributed by atoms with Crippen LogP contribution in [-0.4, -0.2) is 25.3 Å². The van der Waals surface area contributed by atoms with Crippen LogP contribution in [0.5, 0.6) is 5.75 Å². The minimum atomic E-state index is -4.71. The molecular weight excluding hydrogens is 395 g/mol. The lowest BCUT2D eigenvalue weighted by atomic mass is 9.92. The number of rotatable bonds is 4. The normalized spacial score (nSPS) is 16.2. The summed E-state index contributed by atoms with van der Waals surface area (Å²) in [4.78, 5) is 14.4. The highest BCUT2D eigenvalue weighted by Crippen LogP contribution is 2.33. The summed E-state index contributed by atoms with van der Waals surface area (Å²) in [5.74, 6) is 0.659. The number of aromatic amines is 1. The zero-order chi connectivity index (χ0) is 20.3. The van der Waals surface area contributed by atoms with Gasteiger partial charge in [-0.3, -0.25) is 4.79 Å². The number of methoxy groups -OCH3 is 1. The molecule has 1 aromatic heterocycles. The average Bonchev–Trinajstić information content (AvgIpc) is 2.66. The molecule has 1 saturated heterocycles. The van der Waals surface area contributed by atoms with Crippen LogP contribution in [0, 0.1) is 5.92 Å². The monoisotopic (exact) mass is 413 g/mol. The fourth-order valence-corrected chi connectivity index (χ4v) is 3.41. The second-order valence-corrected chi connectivity index (χ2v) is 6.90. The highest BCUT2D eigenvalue weighted by molar-refractivity contribution is 6.32. The van der Waals surface area contributed by atoms with Crippen molar-refractivity contribution in [3.63, 3.8) is 0 Å². The number of ether oxygens (including phenoxy) is 2. The van der Waals surface area contributed by atoms with Crippen LogP contribution < -0.4 is 10.3 Å². The largest absolute Gasteiger partial charge is 0.495 e. The van der Waals surface area contributed by atoms with Crippen molar-refractivity contribution in [1.29, 1.82) is 0 Å². The predicted octanol–water partition coefficient (Wildman–Crippen LogP) is 4.91. The summed E-state index contributed by atoms with van der Waals surface area (Å²) in [6.45, 7) is 1.22. The Hall–Kier alpha value is -2.25. The van der Waals surface area contributed by atoms with Crippen LogP contribution in [0.15, 0.2) is 41.2 Å². The van der Waals surface area contributed by atoms with Crippen molar-refractivity contribution >= 4 is 17.2 Å². The molecule has 1 fully saturated rings. The van der Waals surface area contributed by atoms with Gasteiger partial charge in [-0.15, -0.1) is 0 Å². The second kappa shape index (κ2) is 8.41. The third kappa shape index (κ3) is 4.59. The zero-order valence-corrected chi connectivity index (χ0v) is 15.9. The minimum Gasteiger partial charge on any atom is -0.495 e. The van der Waals surface area contributed by atoms with Crippen molar-refractivity contribution in [1.82, 2.24) is 4.98 Å². The van der Waals surface area contributed by atoms with Crippen molar-refractivity contribution in [2.75, 3.05) is 20.3 Å². The van der Waals surface area contributed by atoms with Crippen LogP contribution in [0.25, 0.3) is 5.57 Å². The molecule has 1 aliphatic heterocycles. The SMILES string of the molecule is COc1ccc(/C(=C/C2CCOCC2)c2ccc(C(F)(F)F)c(=O)[nH]2)cc1Cl. The first-order valence-corrected chi connectivity index (χ1v) is 9.11. The molecule has 3 rings (SSSR count). The topological polar surface area (TPSA) is 51.3 Å². The molecular formula is C20H19ClF3NO3. The first-order chi connectivity index (χ1) is 13.3. The molecule has 1 aromatic carbocycles. The molecule has 8 heteroatoms. The Kier molecular flexibility index (Phi) is 6.15. The van der Waals surface area contributed by atoms with Crippen LogP contribution in [0.1, 0.15) is 29.7 Å². The van der Waals surface area contributed by atoms with E-state index < -0.39 is 17.3 Å². The summed E-state index contributed by atoms with van der Waals surface area (Å²) in [5, 5.41) is 0.368. The Morgan fingerprint density at radius 1 is 1.25 bits per heavy atom. The molecule has 4 nitrogen and oxygen atoms in total. The molecule has 0 amide bonds. The quantitative estimate of drug-likeness (QED) is 0.774. The first kappa shape index (κ1) is 20.5. The summed E-state index contributed by atoms with van der Waals surface area (Å²) in [5.41, 5.74) is -0.822. The van der Waals surface area contributed by atoms with Gasteiger partial charge in [-0.1, -0.05) is 23.7 Å². The number of H-pyrrole nitrogens is 1. The number of hydrogen-bond acceptors (Lipinski definition) is 3. The number of hydrogen-bond donors (Lipinski definition) is 1. The molecule has 2 heterocycles. The standard InChI is InChI=1S/C20H19ClF3NO3/c1-27-18-5-2-13(11-16(18)21)14(10-12-6-8-28-9-7-12)17-4-3-15(19(26)25-17)20(22,23)24/h2-5,10-12H,6-9H2,1H3,(H,25,26)/b14-10-. The summed E-state index contributed by atoms with van der Waals surface area (Å²) in [6.07, 6.45) is -1.17. The molecule has 0 aliphatic carbocycles. The van der Waals surface area contributed by atoms with Crippen molar-refractivity contribution in [3.8, 4) is 5.75 Å². The van der Waals surface area contributed by atoms with Gasteiger partial charge in [-0.2, -0.15) is 13.2 Å². The van der Waals surface area contributed by atoms with Gasteiger partial charge in [0.25, 0.3) is 5.56 Å². The summed E-state index contributed by atoms with van der Waals surface area (Å²) >= 11 is 6.23. The number of pyridine rings is 1. The van der Waals surface area contributed by atoms with Gasteiger partial charge < -0.3 is 14.5 Å². The molecule has 2 aromatic rings. The number of aromatic nitrogens is 1. The maximum Gasteiger partial charge on any atom is 0.421 e. The second-order valence-electron chi connectivity index (χ2n) is 6.49. The van der Waals surface area contributed by atoms with E-state index in [2.05, 4.69) is 4.98 Å². The van der Waals surface area contributed by atoms with Crippen LogP contribution in [0.2, 0.25) is 5.02 Å². The van der Waals surface area contributed by atoms with E-state index >= 15 is 0 Å². The molecule has 0 radical (unpaired) electrons. The molecule has 150 valence electrons. The van der Waals surface area contributed by atoms with Crippen molar-refractivity contribution in [2.24, 2.45) is 5.92 Å². The Balaban J connectivity index is 2.09. The van der Waals surface area contributed by atoms with Crippen LogP contribution in [-0.2, 0) is 10.9 Å². The van der Waals surface area contributed by atoms with Gasteiger partial charge in [0.2, 0.25) is 0 Å². The fourth-order valence-electron chi connectivity index (χ4n) is 3.15. The van der Waals surface area contributed by atoms with E-state index in [1.807, 2.05) is 6.08 Å². The minimum absolute atomic E-state index is 0.176. The molecule has 1 N–H and O–H groups in total. The van der Waals surface area contributed by atoms with E-state index in [-0.39, 0.29) is 5.92 Å². The third-order valence-electron chi connectivity index (χ3n) is 4.64. The molecule has 0 bridgehead atoms. The highest BCUT2D eigenvalue weighted by atomic mass is 35.5. The highest BCUT2D eigenvalue weighted by Gasteiger charge is 2.34. The molecule has 1 aliphatic rings.